The number of para-hydroxylation sites is 1. The van der Waals surface area contributed by atoms with Gasteiger partial charge < -0.3 is 10.2 Å². The summed E-state index contributed by atoms with van der Waals surface area (Å²) >= 11 is 12.3. The van der Waals surface area contributed by atoms with Crippen molar-refractivity contribution in [3.05, 3.63) is 94.0 Å². The lowest BCUT2D eigenvalue weighted by Gasteiger charge is -2.33. The van der Waals surface area contributed by atoms with E-state index in [1.54, 1.807) is 67.6 Å². The van der Waals surface area contributed by atoms with Gasteiger partial charge in [0, 0.05) is 13.1 Å². The molecule has 0 fully saturated rings. The number of carbonyl (C=O) groups excluding carboxylic acids is 2. The van der Waals surface area contributed by atoms with Crippen molar-refractivity contribution < 1.29 is 18.0 Å². The summed E-state index contributed by atoms with van der Waals surface area (Å²) in [6.07, 6.45) is 1.07. The summed E-state index contributed by atoms with van der Waals surface area (Å²) < 4.78 is 28.8. The maximum absolute atomic E-state index is 14.0. The van der Waals surface area contributed by atoms with E-state index in [1.807, 2.05) is 13.8 Å². The summed E-state index contributed by atoms with van der Waals surface area (Å²) in [5.41, 5.74) is 1.73. The standard InChI is InChI=1S/C29H33Cl2N3O4S/c1-4-17-32-29(36)26(5-2)33(19-22-15-16-24(30)25(31)18-22)28(35)20-34(27-14-10-9-11-21(27)3)39(37,38)23-12-7-6-8-13-23/h6-16,18,26H,4-5,17,19-20H2,1-3H3,(H,32,36)/t26-/m1/s1. The Morgan fingerprint density at radius 2 is 1.59 bits per heavy atom. The number of amides is 2. The molecule has 7 nitrogen and oxygen atoms in total. The van der Waals surface area contributed by atoms with E-state index in [-0.39, 0.29) is 17.3 Å². The Morgan fingerprint density at radius 3 is 2.21 bits per heavy atom. The third-order valence-electron chi connectivity index (χ3n) is 6.27. The minimum atomic E-state index is -4.11. The first-order chi connectivity index (χ1) is 18.6. The number of anilines is 1. The largest absolute Gasteiger partial charge is 0.354 e. The molecule has 0 aliphatic heterocycles. The van der Waals surface area contributed by atoms with Gasteiger partial charge in [-0.05, 0) is 61.2 Å². The van der Waals surface area contributed by atoms with Gasteiger partial charge in [-0.15, -0.1) is 0 Å². The molecular formula is C29H33Cl2N3O4S. The molecule has 3 aromatic rings. The first kappa shape index (κ1) is 30.5. The number of hydrogen-bond acceptors (Lipinski definition) is 4. The summed E-state index contributed by atoms with van der Waals surface area (Å²) in [7, 11) is -4.11. The van der Waals surface area contributed by atoms with Crippen molar-refractivity contribution in [2.45, 2.75) is 51.1 Å². The van der Waals surface area contributed by atoms with Crippen LogP contribution < -0.4 is 9.62 Å². The van der Waals surface area contributed by atoms with E-state index in [0.717, 1.165) is 10.7 Å². The average Bonchev–Trinajstić information content (AvgIpc) is 2.93. The van der Waals surface area contributed by atoms with Crippen LogP contribution in [0, 0.1) is 6.92 Å². The molecule has 0 aliphatic rings. The zero-order valence-electron chi connectivity index (χ0n) is 22.2. The Hall–Kier alpha value is -3.07. The van der Waals surface area contributed by atoms with Gasteiger partial charge >= 0.3 is 0 Å². The van der Waals surface area contributed by atoms with Crippen LogP contribution in [0.5, 0.6) is 0 Å². The summed E-state index contributed by atoms with van der Waals surface area (Å²) in [5, 5.41) is 3.55. The fraction of sp³-hybridized carbons (Fsp3) is 0.310. The molecule has 0 unspecified atom stereocenters. The van der Waals surface area contributed by atoms with E-state index in [0.29, 0.717) is 39.8 Å². The monoisotopic (exact) mass is 589 g/mol. The number of benzene rings is 3. The van der Waals surface area contributed by atoms with Crippen molar-refractivity contribution in [3.63, 3.8) is 0 Å². The molecule has 1 atom stereocenters. The van der Waals surface area contributed by atoms with Crippen LogP contribution in [0.1, 0.15) is 37.8 Å². The maximum atomic E-state index is 14.0. The van der Waals surface area contributed by atoms with E-state index in [9.17, 15) is 18.0 Å². The molecule has 2 amide bonds. The van der Waals surface area contributed by atoms with Gasteiger partial charge in [-0.3, -0.25) is 13.9 Å². The first-order valence-electron chi connectivity index (χ1n) is 12.7. The molecule has 0 aromatic heterocycles. The van der Waals surface area contributed by atoms with Gasteiger partial charge in [-0.25, -0.2) is 8.42 Å². The Bertz CT molecular complexity index is 1400. The highest BCUT2D eigenvalue weighted by Crippen LogP contribution is 2.28. The van der Waals surface area contributed by atoms with Crippen LogP contribution in [0.4, 0.5) is 5.69 Å². The minimum Gasteiger partial charge on any atom is -0.354 e. The highest BCUT2D eigenvalue weighted by atomic mass is 35.5. The second kappa shape index (κ2) is 13.8. The number of nitrogens with zero attached hydrogens (tertiary/aromatic N) is 2. The molecule has 1 N–H and O–H groups in total. The van der Waals surface area contributed by atoms with Gasteiger partial charge in [0.05, 0.1) is 20.6 Å². The molecule has 3 rings (SSSR count). The smallest absolute Gasteiger partial charge is 0.264 e. The van der Waals surface area contributed by atoms with Crippen LogP contribution >= 0.6 is 23.2 Å². The van der Waals surface area contributed by atoms with Gasteiger partial charge in [-0.2, -0.15) is 0 Å². The number of hydrogen-bond donors (Lipinski definition) is 1. The molecule has 0 bridgehead atoms. The zero-order valence-corrected chi connectivity index (χ0v) is 24.6. The van der Waals surface area contributed by atoms with E-state index in [2.05, 4.69) is 5.32 Å². The van der Waals surface area contributed by atoms with Gasteiger partial charge in [0.2, 0.25) is 11.8 Å². The fourth-order valence-corrected chi connectivity index (χ4v) is 6.02. The van der Waals surface area contributed by atoms with Gasteiger partial charge in [-0.1, -0.05) is 79.5 Å². The predicted molar refractivity (Wildman–Crippen MR) is 157 cm³/mol. The van der Waals surface area contributed by atoms with Crippen LogP contribution in [-0.2, 0) is 26.2 Å². The van der Waals surface area contributed by atoms with Crippen molar-refractivity contribution in [2.24, 2.45) is 0 Å². The first-order valence-corrected chi connectivity index (χ1v) is 14.9. The maximum Gasteiger partial charge on any atom is 0.264 e. The highest BCUT2D eigenvalue weighted by Gasteiger charge is 2.34. The number of sulfonamides is 1. The van der Waals surface area contributed by atoms with Crippen molar-refractivity contribution >= 4 is 50.7 Å². The fourth-order valence-electron chi connectivity index (χ4n) is 4.20. The third-order valence-corrected chi connectivity index (χ3v) is 8.78. The molecule has 0 radical (unpaired) electrons. The lowest BCUT2D eigenvalue weighted by molar-refractivity contribution is -0.140. The minimum absolute atomic E-state index is 0.0424. The second-order valence-electron chi connectivity index (χ2n) is 9.10. The number of aryl methyl sites for hydroxylation is 1. The van der Waals surface area contributed by atoms with E-state index in [1.165, 1.54) is 17.0 Å². The molecular weight excluding hydrogens is 557 g/mol. The molecule has 0 saturated heterocycles. The predicted octanol–water partition coefficient (Wildman–Crippen LogP) is 5.83. The van der Waals surface area contributed by atoms with E-state index < -0.39 is 28.5 Å². The molecule has 10 heteroatoms. The van der Waals surface area contributed by atoms with E-state index >= 15 is 0 Å². The average molecular weight is 591 g/mol. The van der Waals surface area contributed by atoms with Gasteiger partial charge in [0.25, 0.3) is 10.0 Å². The Balaban J connectivity index is 2.06. The highest BCUT2D eigenvalue weighted by molar-refractivity contribution is 7.92. The van der Waals surface area contributed by atoms with Crippen LogP contribution in [0.3, 0.4) is 0 Å². The van der Waals surface area contributed by atoms with Crippen molar-refractivity contribution in [2.75, 3.05) is 17.4 Å². The van der Waals surface area contributed by atoms with Crippen LogP contribution in [0.2, 0.25) is 10.0 Å². The summed E-state index contributed by atoms with van der Waals surface area (Å²) in [6, 6.07) is 19.1. The lowest BCUT2D eigenvalue weighted by Crippen LogP contribution is -2.52. The number of halogens is 2. The van der Waals surface area contributed by atoms with Crippen molar-refractivity contribution in [3.8, 4) is 0 Å². The summed E-state index contributed by atoms with van der Waals surface area (Å²) in [6.45, 7) is 5.54. The number of carbonyl (C=O) groups is 2. The Kier molecular flexibility index (Phi) is 10.8. The molecule has 208 valence electrons. The lowest BCUT2D eigenvalue weighted by atomic mass is 10.1. The van der Waals surface area contributed by atoms with Crippen LogP contribution in [-0.4, -0.2) is 44.3 Å². The van der Waals surface area contributed by atoms with Crippen molar-refractivity contribution in [1.82, 2.24) is 10.2 Å². The summed E-state index contributed by atoms with van der Waals surface area (Å²) in [4.78, 5) is 28.6. The van der Waals surface area contributed by atoms with Gasteiger partial charge in [0.15, 0.2) is 0 Å². The molecule has 0 saturated carbocycles. The third kappa shape index (κ3) is 7.53. The normalized spacial score (nSPS) is 12.0. The Morgan fingerprint density at radius 1 is 0.923 bits per heavy atom. The number of nitrogens with one attached hydrogen (secondary N) is 1. The number of rotatable bonds is 12. The second-order valence-corrected chi connectivity index (χ2v) is 11.8. The molecule has 3 aromatic carbocycles. The topological polar surface area (TPSA) is 86.8 Å². The molecule has 0 heterocycles. The van der Waals surface area contributed by atoms with Crippen molar-refractivity contribution in [1.29, 1.82) is 0 Å². The molecule has 0 spiro atoms. The van der Waals surface area contributed by atoms with E-state index in [4.69, 9.17) is 23.2 Å². The molecule has 0 aliphatic carbocycles. The van der Waals surface area contributed by atoms with Gasteiger partial charge in [0.1, 0.15) is 12.6 Å². The SMILES string of the molecule is CCCNC(=O)[C@@H](CC)N(Cc1ccc(Cl)c(Cl)c1)C(=O)CN(c1ccccc1C)S(=O)(=O)c1ccccc1. The molecule has 39 heavy (non-hydrogen) atoms. The van der Waals surface area contributed by atoms with Crippen LogP contribution in [0.15, 0.2) is 77.7 Å². The zero-order chi connectivity index (χ0) is 28.6. The summed E-state index contributed by atoms with van der Waals surface area (Å²) in [5.74, 6) is -0.830. The van der Waals surface area contributed by atoms with Crippen LogP contribution in [0.25, 0.3) is 0 Å². The Labute approximate surface area is 240 Å². The quantitative estimate of drug-likeness (QED) is 0.288.